The number of benzene rings is 2. The topological polar surface area (TPSA) is 67.9 Å². The van der Waals surface area contributed by atoms with Crippen molar-refractivity contribution in [3.8, 4) is 5.75 Å². The third kappa shape index (κ3) is 3.79. The summed E-state index contributed by atoms with van der Waals surface area (Å²) in [6.45, 7) is 0.889. The van der Waals surface area contributed by atoms with Gasteiger partial charge in [-0.25, -0.2) is 0 Å². The number of anilines is 1. The molecule has 7 heteroatoms. The van der Waals surface area contributed by atoms with Gasteiger partial charge < -0.3 is 19.7 Å². The molecule has 0 radical (unpaired) electrons. The van der Waals surface area contributed by atoms with Crippen LogP contribution in [0, 0.1) is 0 Å². The van der Waals surface area contributed by atoms with E-state index in [0.29, 0.717) is 35.2 Å². The summed E-state index contributed by atoms with van der Waals surface area (Å²) in [6.07, 6.45) is 3.55. The van der Waals surface area contributed by atoms with Crippen LogP contribution in [0.2, 0.25) is 5.02 Å². The Labute approximate surface area is 187 Å². The zero-order valence-electron chi connectivity index (χ0n) is 17.8. The SMILES string of the molecule is COCCN1C(=O)c2ccccc2[C@H](C(=O)Nc2ccc(OC)c(Cl)c2)C12CCCC2. The maximum atomic E-state index is 13.7. The van der Waals surface area contributed by atoms with E-state index in [1.54, 1.807) is 32.4 Å². The molecule has 0 aromatic heterocycles. The van der Waals surface area contributed by atoms with E-state index in [0.717, 1.165) is 31.2 Å². The van der Waals surface area contributed by atoms with Crippen LogP contribution in [0.25, 0.3) is 0 Å². The van der Waals surface area contributed by atoms with Gasteiger partial charge in [-0.2, -0.15) is 0 Å². The Morgan fingerprint density at radius 2 is 1.94 bits per heavy atom. The molecule has 1 aliphatic carbocycles. The van der Waals surface area contributed by atoms with Gasteiger partial charge in [0.1, 0.15) is 5.75 Å². The van der Waals surface area contributed by atoms with Crippen molar-refractivity contribution in [2.24, 2.45) is 0 Å². The van der Waals surface area contributed by atoms with Crippen LogP contribution in [0.5, 0.6) is 5.75 Å². The molecule has 0 saturated heterocycles. The Bertz CT molecular complexity index is 987. The molecule has 0 unspecified atom stereocenters. The average Bonchev–Trinajstić information content (AvgIpc) is 3.23. The quantitative estimate of drug-likeness (QED) is 0.715. The molecule has 4 rings (SSSR count). The first-order valence-electron chi connectivity index (χ1n) is 10.6. The van der Waals surface area contributed by atoms with Crippen LogP contribution in [0.3, 0.4) is 0 Å². The summed E-state index contributed by atoms with van der Waals surface area (Å²) in [5.74, 6) is -0.0792. The fourth-order valence-electron chi connectivity index (χ4n) is 5.13. The first kappa shape index (κ1) is 21.7. The minimum absolute atomic E-state index is 0.0221. The van der Waals surface area contributed by atoms with Gasteiger partial charge in [0.25, 0.3) is 5.91 Å². The number of fused-ring (bicyclic) bond motifs is 1. The Kier molecular flexibility index (Phi) is 6.21. The zero-order valence-corrected chi connectivity index (χ0v) is 18.6. The number of methoxy groups -OCH3 is 2. The van der Waals surface area contributed by atoms with Crippen molar-refractivity contribution in [1.29, 1.82) is 0 Å². The smallest absolute Gasteiger partial charge is 0.254 e. The van der Waals surface area contributed by atoms with Gasteiger partial charge in [0.2, 0.25) is 5.91 Å². The molecule has 6 nitrogen and oxygen atoms in total. The number of ether oxygens (including phenoxy) is 2. The summed E-state index contributed by atoms with van der Waals surface area (Å²) in [5.41, 5.74) is 1.43. The normalized spacial score (nSPS) is 19.4. The molecule has 2 amide bonds. The lowest BCUT2D eigenvalue weighted by atomic mass is 9.71. The summed E-state index contributed by atoms with van der Waals surface area (Å²) in [4.78, 5) is 29.0. The summed E-state index contributed by atoms with van der Waals surface area (Å²) in [6, 6.07) is 12.6. The standard InChI is InChI=1S/C24H27ClN2O4/c1-30-14-13-27-23(29)18-8-4-3-7-17(18)21(24(27)11-5-6-12-24)22(28)26-16-9-10-20(31-2)19(25)15-16/h3-4,7-10,15,21H,5-6,11-14H2,1-2H3,(H,26,28)/t21-/m1/s1. The molecule has 164 valence electrons. The Balaban J connectivity index is 1.75. The highest BCUT2D eigenvalue weighted by molar-refractivity contribution is 6.32. The molecule has 2 aromatic rings. The summed E-state index contributed by atoms with van der Waals surface area (Å²) in [7, 11) is 3.18. The molecule has 1 atom stereocenters. The fourth-order valence-corrected chi connectivity index (χ4v) is 5.39. The number of carbonyl (C=O) groups is 2. The number of amides is 2. The predicted octanol–water partition coefficient (Wildman–Crippen LogP) is 4.49. The number of rotatable bonds is 6. The molecular formula is C24H27ClN2O4. The zero-order chi connectivity index (χ0) is 22.0. The first-order chi connectivity index (χ1) is 15.0. The Hall–Kier alpha value is -2.57. The predicted molar refractivity (Wildman–Crippen MR) is 120 cm³/mol. The lowest BCUT2D eigenvalue weighted by molar-refractivity contribution is -0.121. The maximum Gasteiger partial charge on any atom is 0.254 e. The van der Waals surface area contributed by atoms with Crippen molar-refractivity contribution in [3.05, 3.63) is 58.6 Å². The summed E-state index contributed by atoms with van der Waals surface area (Å²) in [5, 5.41) is 3.47. The van der Waals surface area contributed by atoms with E-state index in [2.05, 4.69) is 5.32 Å². The van der Waals surface area contributed by atoms with Crippen LogP contribution in [-0.4, -0.2) is 49.6 Å². The molecule has 2 aliphatic rings. The van der Waals surface area contributed by atoms with Gasteiger partial charge in [-0.3, -0.25) is 9.59 Å². The number of carbonyl (C=O) groups excluding carboxylic acids is 2. The van der Waals surface area contributed by atoms with E-state index in [-0.39, 0.29) is 11.8 Å². The highest BCUT2D eigenvalue weighted by Crippen LogP contribution is 2.50. The highest BCUT2D eigenvalue weighted by Gasteiger charge is 2.55. The van der Waals surface area contributed by atoms with Crippen LogP contribution in [0.15, 0.2) is 42.5 Å². The largest absolute Gasteiger partial charge is 0.495 e. The van der Waals surface area contributed by atoms with Crippen LogP contribution < -0.4 is 10.1 Å². The van der Waals surface area contributed by atoms with E-state index < -0.39 is 11.5 Å². The monoisotopic (exact) mass is 442 g/mol. The van der Waals surface area contributed by atoms with Gasteiger partial charge in [-0.1, -0.05) is 42.6 Å². The van der Waals surface area contributed by atoms with E-state index in [9.17, 15) is 9.59 Å². The average molecular weight is 443 g/mol. The third-order valence-corrected chi connectivity index (χ3v) is 6.79. The van der Waals surface area contributed by atoms with Crippen molar-refractivity contribution in [2.75, 3.05) is 32.7 Å². The number of nitrogens with zero attached hydrogens (tertiary/aromatic N) is 1. The molecule has 1 spiro atoms. The van der Waals surface area contributed by atoms with Gasteiger partial charge in [0, 0.05) is 24.9 Å². The maximum absolute atomic E-state index is 13.7. The van der Waals surface area contributed by atoms with Gasteiger partial charge in [-0.15, -0.1) is 0 Å². The van der Waals surface area contributed by atoms with Gasteiger partial charge in [-0.05, 0) is 42.7 Å². The molecule has 1 N–H and O–H groups in total. The summed E-state index contributed by atoms with van der Waals surface area (Å²) < 4.78 is 10.5. The van der Waals surface area contributed by atoms with E-state index in [4.69, 9.17) is 21.1 Å². The lowest BCUT2D eigenvalue weighted by Gasteiger charge is -2.50. The number of nitrogens with one attached hydrogen (secondary N) is 1. The summed E-state index contributed by atoms with van der Waals surface area (Å²) >= 11 is 6.26. The number of halogens is 1. The van der Waals surface area contributed by atoms with E-state index >= 15 is 0 Å². The van der Waals surface area contributed by atoms with Crippen LogP contribution in [0.4, 0.5) is 5.69 Å². The molecule has 1 fully saturated rings. The second kappa shape index (κ2) is 8.89. The minimum atomic E-state index is -0.551. The van der Waals surface area contributed by atoms with Crippen LogP contribution >= 0.6 is 11.6 Å². The van der Waals surface area contributed by atoms with E-state index in [1.165, 1.54) is 0 Å². The van der Waals surface area contributed by atoms with Crippen molar-refractivity contribution < 1.29 is 19.1 Å². The van der Waals surface area contributed by atoms with Crippen molar-refractivity contribution >= 4 is 29.1 Å². The molecular weight excluding hydrogens is 416 g/mol. The Morgan fingerprint density at radius 3 is 2.61 bits per heavy atom. The highest BCUT2D eigenvalue weighted by atomic mass is 35.5. The van der Waals surface area contributed by atoms with Gasteiger partial charge in [0.05, 0.1) is 30.2 Å². The third-order valence-electron chi connectivity index (χ3n) is 6.49. The molecule has 1 saturated carbocycles. The lowest BCUT2D eigenvalue weighted by Crippen LogP contribution is -2.60. The van der Waals surface area contributed by atoms with Crippen molar-refractivity contribution in [1.82, 2.24) is 4.90 Å². The minimum Gasteiger partial charge on any atom is -0.495 e. The van der Waals surface area contributed by atoms with Crippen LogP contribution in [0.1, 0.15) is 47.5 Å². The van der Waals surface area contributed by atoms with Crippen molar-refractivity contribution in [3.63, 3.8) is 0 Å². The molecule has 31 heavy (non-hydrogen) atoms. The molecule has 1 heterocycles. The van der Waals surface area contributed by atoms with Crippen molar-refractivity contribution in [2.45, 2.75) is 37.1 Å². The first-order valence-corrected chi connectivity index (χ1v) is 10.9. The second-order valence-electron chi connectivity index (χ2n) is 8.12. The van der Waals surface area contributed by atoms with Gasteiger partial charge >= 0.3 is 0 Å². The molecule has 1 aliphatic heterocycles. The number of hydrogen-bond donors (Lipinski definition) is 1. The van der Waals surface area contributed by atoms with E-state index in [1.807, 2.05) is 29.2 Å². The number of hydrogen-bond acceptors (Lipinski definition) is 4. The molecule has 0 bridgehead atoms. The van der Waals surface area contributed by atoms with Crippen LogP contribution in [-0.2, 0) is 9.53 Å². The fraction of sp³-hybridized carbons (Fsp3) is 0.417. The van der Waals surface area contributed by atoms with Gasteiger partial charge in [0.15, 0.2) is 0 Å². The second-order valence-corrected chi connectivity index (χ2v) is 8.53. The molecule has 2 aromatic carbocycles. The Morgan fingerprint density at radius 1 is 1.19 bits per heavy atom.